The fourth-order valence-electron chi connectivity index (χ4n) is 4.88. The second kappa shape index (κ2) is 5.35. The highest BCUT2D eigenvalue weighted by atomic mass is 16.5. The molecule has 2 nitrogen and oxygen atoms in total. The summed E-state index contributed by atoms with van der Waals surface area (Å²) >= 11 is 0. The van der Waals surface area contributed by atoms with E-state index in [9.17, 15) is 4.79 Å². The Kier molecular flexibility index (Phi) is 4.24. The number of carbonyl (C=O) groups is 1. The first kappa shape index (κ1) is 15.9. The molecule has 0 aliphatic heterocycles. The zero-order chi connectivity index (χ0) is 15.1. The molecule has 0 radical (unpaired) electrons. The van der Waals surface area contributed by atoms with Crippen LogP contribution in [0.2, 0.25) is 0 Å². The molecule has 0 aromatic carbocycles. The summed E-state index contributed by atoms with van der Waals surface area (Å²) < 4.78 is 5.06. The molecule has 20 heavy (non-hydrogen) atoms. The number of hydrogen-bond donors (Lipinski definition) is 0. The fourth-order valence-corrected chi connectivity index (χ4v) is 4.88. The van der Waals surface area contributed by atoms with Crippen molar-refractivity contribution in [2.24, 2.45) is 34.5 Å². The van der Waals surface area contributed by atoms with E-state index in [0.29, 0.717) is 29.8 Å². The minimum Gasteiger partial charge on any atom is -0.466 e. The molecule has 2 fully saturated rings. The summed E-state index contributed by atoms with van der Waals surface area (Å²) in [5, 5.41) is 0. The molecule has 2 aliphatic rings. The zero-order valence-electron chi connectivity index (χ0n) is 14.2. The fraction of sp³-hybridized carbons (Fsp3) is 0.944. The van der Waals surface area contributed by atoms with E-state index < -0.39 is 0 Å². The van der Waals surface area contributed by atoms with Gasteiger partial charge in [0, 0.05) is 6.42 Å². The number of ether oxygens (including phenoxy) is 1. The molecule has 4 unspecified atom stereocenters. The standard InChI is InChI=1S/C18H32O2/c1-7-20-16(19)9-8-12(2)15-10-14-11-18(14,6)13(3)17(15,4)5/h12-15H,7-11H2,1-6H3/t12?,13-,14?,15?,18?/m0/s1. The number of carbonyl (C=O) groups excluding carboxylic acids is 1. The zero-order valence-corrected chi connectivity index (χ0v) is 14.2. The SMILES string of the molecule is CCOC(=O)CCC(C)C1CC2CC2(C)[C@@H](C)C1(C)C. The van der Waals surface area contributed by atoms with Crippen molar-refractivity contribution in [3.8, 4) is 0 Å². The summed E-state index contributed by atoms with van der Waals surface area (Å²) in [6, 6.07) is 0. The van der Waals surface area contributed by atoms with Gasteiger partial charge in [-0.15, -0.1) is 0 Å². The van der Waals surface area contributed by atoms with Gasteiger partial charge in [-0.3, -0.25) is 4.79 Å². The highest BCUT2D eigenvalue weighted by Crippen LogP contribution is 2.70. The van der Waals surface area contributed by atoms with Crippen LogP contribution in [0.3, 0.4) is 0 Å². The first-order chi connectivity index (χ1) is 9.23. The average molecular weight is 280 g/mol. The van der Waals surface area contributed by atoms with Gasteiger partial charge in [0.15, 0.2) is 0 Å². The number of hydrogen-bond acceptors (Lipinski definition) is 2. The molecule has 2 saturated carbocycles. The monoisotopic (exact) mass is 280 g/mol. The molecule has 0 aromatic rings. The van der Waals surface area contributed by atoms with Crippen molar-refractivity contribution in [2.45, 2.75) is 67.2 Å². The van der Waals surface area contributed by atoms with Gasteiger partial charge in [0.25, 0.3) is 0 Å². The van der Waals surface area contributed by atoms with Gasteiger partial charge in [0.05, 0.1) is 6.61 Å². The van der Waals surface area contributed by atoms with Crippen LogP contribution in [0.15, 0.2) is 0 Å². The van der Waals surface area contributed by atoms with Crippen LogP contribution in [0.5, 0.6) is 0 Å². The molecule has 0 saturated heterocycles. The normalized spacial score (nSPS) is 39.8. The largest absolute Gasteiger partial charge is 0.466 e. The molecule has 5 atom stereocenters. The van der Waals surface area contributed by atoms with Gasteiger partial charge in [0.1, 0.15) is 0 Å². The van der Waals surface area contributed by atoms with Gasteiger partial charge in [-0.25, -0.2) is 0 Å². The minimum absolute atomic E-state index is 0.0303. The molecule has 0 amide bonds. The minimum atomic E-state index is -0.0303. The van der Waals surface area contributed by atoms with E-state index in [2.05, 4.69) is 34.6 Å². The van der Waals surface area contributed by atoms with Gasteiger partial charge in [-0.05, 0) is 60.7 Å². The molecule has 0 bridgehead atoms. The molecule has 2 heteroatoms. The van der Waals surface area contributed by atoms with Crippen molar-refractivity contribution in [3.05, 3.63) is 0 Å². The summed E-state index contributed by atoms with van der Waals surface area (Å²) in [7, 11) is 0. The molecule has 0 aromatic heterocycles. The molecule has 0 spiro atoms. The van der Waals surface area contributed by atoms with Crippen LogP contribution in [0.25, 0.3) is 0 Å². The van der Waals surface area contributed by atoms with Gasteiger partial charge in [-0.1, -0.05) is 34.6 Å². The van der Waals surface area contributed by atoms with Crippen LogP contribution in [0.1, 0.15) is 67.2 Å². The maximum absolute atomic E-state index is 11.6. The summed E-state index contributed by atoms with van der Waals surface area (Å²) in [6.45, 7) is 14.5. The van der Waals surface area contributed by atoms with Crippen LogP contribution in [-0.4, -0.2) is 12.6 Å². The predicted octanol–water partition coefficient (Wildman–Crippen LogP) is 4.67. The van der Waals surface area contributed by atoms with Gasteiger partial charge in [-0.2, -0.15) is 0 Å². The van der Waals surface area contributed by atoms with Gasteiger partial charge < -0.3 is 4.74 Å². The van der Waals surface area contributed by atoms with E-state index in [4.69, 9.17) is 4.74 Å². The van der Waals surface area contributed by atoms with Crippen LogP contribution >= 0.6 is 0 Å². The maximum Gasteiger partial charge on any atom is 0.305 e. The van der Waals surface area contributed by atoms with E-state index in [1.165, 1.54) is 12.8 Å². The van der Waals surface area contributed by atoms with E-state index in [-0.39, 0.29) is 5.97 Å². The van der Waals surface area contributed by atoms with Crippen LogP contribution in [-0.2, 0) is 9.53 Å². The van der Waals surface area contributed by atoms with Crippen LogP contribution in [0, 0.1) is 34.5 Å². The summed E-state index contributed by atoms with van der Waals surface area (Å²) in [6.07, 6.45) is 4.33. The molecule has 2 aliphatic carbocycles. The average Bonchev–Trinajstić information content (AvgIpc) is 3.04. The lowest BCUT2D eigenvalue weighted by Gasteiger charge is -2.49. The Morgan fingerprint density at radius 1 is 1.35 bits per heavy atom. The van der Waals surface area contributed by atoms with Gasteiger partial charge >= 0.3 is 5.97 Å². The van der Waals surface area contributed by atoms with Crippen molar-refractivity contribution in [3.63, 3.8) is 0 Å². The topological polar surface area (TPSA) is 26.3 Å². The quantitative estimate of drug-likeness (QED) is 0.684. The lowest BCUT2D eigenvalue weighted by Crippen LogP contribution is -2.43. The van der Waals surface area contributed by atoms with Crippen molar-refractivity contribution < 1.29 is 9.53 Å². The molecule has 0 heterocycles. The third kappa shape index (κ3) is 2.63. The van der Waals surface area contributed by atoms with E-state index in [1.54, 1.807) is 0 Å². The third-order valence-electron chi connectivity index (χ3n) is 6.85. The molecule has 116 valence electrons. The Bertz CT molecular complexity index is 374. The lowest BCUT2D eigenvalue weighted by molar-refractivity contribution is -0.143. The number of fused-ring (bicyclic) bond motifs is 1. The van der Waals surface area contributed by atoms with Crippen molar-refractivity contribution in [1.29, 1.82) is 0 Å². The number of rotatable bonds is 5. The smallest absolute Gasteiger partial charge is 0.305 e. The third-order valence-corrected chi connectivity index (χ3v) is 6.85. The summed E-state index contributed by atoms with van der Waals surface area (Å²) in [5.41, 5.74) is 0.983. The van der Waals surface area contributed by atoms with Gasteiger partial charge in [0.2, 0.25) is 0 Å². The van der Waals surface area contributed by atoms with E-state index >= 15 is 0 Å². The highest BCUT2D eigenvalue weighted by Gasteiger charge is 2.63. The first-order valence-electron chi connectivity index (χ1n) is 8.39. The molecule has 2 rings (SSSR count). The second-order valence-electron chi connectivity index (χ2n) is 8.11. The molecular weight excluding hydrogens is 248 g/mol. The van der Waals surface area contributed by atoms with Crippen molar-refractivity contribution in [2.75, 3.05) is 6.61 Å². The van der Waals surface area contributed by atoms with E-state index in [0.717, 1.165) is 24.2 Å². The Morgan fingerprint density at radius 3 is 2.60 bits per heavy atom. The summed E-state index contributed by atoms with van der Waals surface area (Å²) in [5.74, 6) is 3.04. The first-order valence-corrected chi connectivity index (χ1v) is 8.39. The Hall–Kier alpha value is -0.530. The number of esters is 1. The Morgan fingerprint density at radius 2 is 2.00 bits per heavy atom. The van der Waals surface area contributed by atoms with E-state index in [1.807, 2.05) is 6.92 Å². The molecule has 0 N–H and O–H groups in total. The summed E-state index contributed by atoms with van der Waals surface area (Å²) in [4.78, 5) is 11.6. The second-order valence-corrected chi connectivity index (χ2v) is 8.11. The van der Waals surface area contributed by atoms with Crippen molar-refractivity contribution in [1.82, 2.24) is 0 Å². The van der Waals surface area contributed by atoms with Crippen LogP contribution < -0.4 is 0 Å². The highest BCUT2D eigenvalue weighted by molar-refractivity contribution is 5.69. The Labute approximate surface area is 124 Å². The Balaban J connectivity index is 1.96. The van der Waals surface area contributed by atoms with Crippen molar-refractivity contribution >= 4 is 5.97 Å². The van der Waals surface area contributed by atoms with Crippen LogP contribution in [0.4, 0.5) is 0 Å². The predicted molar refractivity (Wildman–Crippen MR) is 82.3 cm³/mol. The molecular formula is C18H32O2. The maximum atomic E-state index is 11.6. The lowest BCUT2D eigenvalue weighted by atomic mass is 9.55.